The number of aryl methyl sites for hydroxylation is 1. The van der Waals surface area contributed by atoms with Crippen molar-refractivity contribution >= 4 is 17.7 Å². The summed E-state index contributed by atoms with van der Waals surface area (Å²) in [6.45, 7) is 3.54. The highest BCUT2D eigenvalue weighted by atomic mass is 16.2. The predicted molar refractivity (Wildman–Crippen MR) is 119 cm³/mol. The van der Waals surface area contributed by atoms with Gasteiger partial charge in [-0.3, -0.25) is 9.69 Å². The van der Waals surface area contributed by atoms with Crippen LogP contribution in [-0.2, 0) is 17.6 Å². The molecular weight excluding hydrogens is 388 g/mol. The van der Waals surface area contributed by atoms with Crippen molar-refractivity contribution in [3.05, 3.63) is 71.4 Å². The van der Waals surface area contributed by atoms with Gasteiger partial charge in [-0.25, -0.2) is 19.9 Å². The molecule has 0 aliphatic carbocycles. The van der Waals surface area contributed by atoms with E-state index in [1.807, 2.05) is 36.1 Å². The number of benzene rings is 1. The molecule has 158 valence electrons. The molecule has 3 aromatic rings. The Balaban J connectivity index is 1.47. The first-order chi connectivity index (χ1) is 15.2. The number of carbonyl (C=O) groups excluding carboxylic acids is 1. The number of amides is 1. The summed E-state index contributed by atoms with van der Waals surface area (Å²) in [6, 6.07) is 12.1. The molecule has 4 heterocycles. The summed E-state index contributed by atoms with van der Waals surface area (Å²) in [5.74, 6) is 2.40. The molecule has 7 heteroatoms. The third-order valence-corrected chi connectivity index (χ3v) is 6.18. The minimum atomic E-state index is 0.0272. The van der Waals surface area contributed by atoms with Gasteiger partial charge in [-0.2, -0.15) is 0 Å². The van der Waals surface area contributed by atoms with E-state index in [1.165, 1.54) is 5.56 Å². The van der Waals surface area contributed by atoms with Crippen LogP contribution in [-0.4, -0.2) is 38.9 Å². The number of rotatable bonds is 5. The van der Waals surface area contributed by atoms with Gasteiger partial charge in [0.05, 0.1) is 6.04 Å². The summed E-state index contributed by atoms with van der Waals surface area (Å²) in [4.78, 5) is 35.6. The number of fused-ring (bicyclic) bond motifs is 1. The van der Waals surface area contributed by atoms with Crippen molar-refractivity contribution in [2.75, 3.05) is 22.9 Å². The van der Waals surface area contributed by atoms with Crippen LogP contribution in [0, 0.1) is 6.92 Å². The standard InChI is InChI=1S/C24H26N6O/c1-17-19-10-11-21(31)30(16-12-18-7-3-2-4-8-18)23(19)28-22(27-17)20-9-5-15-29(20)24-25-13-6-14-26-24/h2-4,6-8,13-14,20H,5,9-12,15-16H2,1H3. The average Bonchev–Trinajstić information content (AvgIpc) is 3.30. The lowest BCUT2D eigenvalue weighted by molar-refractivity contribution is -0.118. The second-order valence-corrected chi connectivity index (χ2v) is 8.15. The quantitative estimate of drug-likeness (QED) is 0.637. The predicted octanol–water partition coefficient (Wildman–Crippen LogP) is 3.44. The lowest BCUT2D eigenvalue weighted by Gasteiger charge is -2.31. The van der Waals surface area contributed by atoms with E-state index in [-0.39, 0.29) is 11.9 Å². The Labute approximate surface area is 182 Å². The van der Waals surface area contributed by atoms with E-state index in [0.717, 1.165) is 48.7 Å². The number of hydrogen-bond donors (Lipinski definition) is 0. The van der Waals surface area contributed by atoms with Gasteiger partial charge in [0.15, 0.2) is 5.82 Å². The average molecular weight is 415 g/mol. The molecule has 2 aromatic heterocycles. The molecule has 5 rings (SSSR count). The van der Waals surface area contributed by atoms with E-state index in [0.29, 0.717) is 25.3 Å². The van der Waals surface area contributed by atoms with Gasteiger partial charge in [0.2, 0.25) is 11.9 Å². The maximum absolute atomic E-state index is 12.8. The van der Waals surface area contributed by atoms with Gasteiger partial charge in [-0.15, -0.1) is 0 Å². The molecule has 0 radical (unpaired) electrons. The highest BCUT2D eigenvalue weighted by Gasteiger charge is 2.33. The normalized spacial score (nSPS) is 18.4. The maximum Gasteiger partial charge on any atom is 0.228 e. The molecule has 0 N–H and O–H groups in total. The lowest BCUT2D eigenvalue weighted by atomic mass is 10.0. The van der Waals surface area contributed by atoms with Crippen molar-refractivity contribution in [2.45, 2.75) is 45.1 Å². The summed E-state index contributed by atoms with van der Waals surface area (Å²) >= 11 is 0. The number of aromatic nitrogens is 4. The molecule has 1 unspecified atom stereocenters. The largest absolute Gasteiger partial charge is 0.331 e. The van der Waals surface area contributed by atoms with Crippen molar-refractivity contribution in [1.29, 1.82) is 0 Å². The Kier molecular flexibility index (Phi) is 5.32. The summed E-state index contributed by atoms with van der Waals surface area (Å²) in [5.41, 5.74) is 3.28. The van der Waals surface area contributed by atoms with E-state index in [2.05, 4.69) is 27.0 Å². The van der Waals surface area contributed by atoms with Gasteiger partial charge < -0.3 is 4.90 Å². The summed E-state index contributed by atoms with van der Waals surface area (Å²) in [5, 5.41) is 0. The Morgan fingerprint density at radius 3 is 2.65 bits per heavy atom. The fourth-order valence-electron chi connectivity index (χ4n) is 4.58. The number of carbonyl (C=O) groups is 1. The molecule has 0 bridgehead atoms. The zero-order valence-electron chi connectivity index (χ0n) is 17.7. The topological polar surface area (TPSA) is 75.1 Å². The fourth-order valence-corrected chi connectivity index (χ4v) is 4.58. The monoisotopic (exact) mass is 414 g/mol. The van der Waals surface area contributed by atoms with Crippen LogP contribution in [0.3, 0.4) is 0 Å². The minimum absolute atomic E-state index is 0.0272. The van der Waals surface area contributed by atoms with E-state index >= 15 is 0 Å². The zero-order chi connectivity index (χ0) is 21.2. The third kappa shape index (κ3) is 3.87. The number of nitrogens with zero attached hydrogens (tertiary/aromatic N) is 6. The fraction of sp³-hybridized carbons (Fsp3) is 0.375. The zero-order valence-corrected chi connectivity index (χ0v) is 17.7. The molecular formula is C24H26N6O. The Bertz CT molecular complexity index is 1070. The van der Waals surface area contributed by atoms with E-state index in [9.17, 15) is 4.79 Å². The van der Waals surface area contributed by atoms with E-state index < -0.39 is 0 Å². The molecule has 1 amide bonds. The first-order valence-electron chi connectivity index (χ1n) is 11.0. The van der Waals surface area contributed by atoms with Gasteiger partial charge in [-0.05, 0) is 44.2 Å². The number of anilines is 2. The molecule has 0 spiro atoms. The van der Waals surface area contributed by atoms with Crippen molar-refractivity contribution in [2.24, 2.45) is 0 Å². The van der Waals surface area contributed by atoms with E-state index in [4.69, 9.17) is 9.97 Å². The van der Waals surface area contributed by atoms with Crippen LogP contribution < -0.4 is 9.80 Å². The second kappa shape index (κ2) is 8.41. The van der Waals surface area contributed by atoms with Crippen molar-refractivity contribution in [3.8, 4) is 0 Å². The summed E-state index contributed by atoms with van der Waals surface area (Å²) in [7, 11) is 0. The molecule has 1 atom stereocenters. The SMILES string of the molecule is Cc1nc(C2CCCN2c2ncccn2)nc2c1CCC(=O)N2CCc1ccccc1. The maximum atomic E-state index is 12.8. The molecule has 2 aliphatic rings. The van der Waals surface area contributed by atoms with Gasteiger partial charge in [0, 0.05) is 43.2 Å². The first kappa shape index (κ1) is 19.6. The van der Waals surface area contributed by atoms with Crippen LogP contribution in [0.25, 0.3) is 0 Å². The van der Waals surface area contributed by atoms with Gasteiger partial charge in [0.1, 0.15) is 5.82 Å². The van der Waals surface area contributed by atoms with Crippen LogP contribution in [0.2, 0.25) is 0 Å². The molecule has 1 aromatic carbocycles. The summed E-state index contributed by atoms with van der Waals surface area (Å²) < 4.78 is 0. The first-order valence-corrected chi connectivity index (χ1v) is 11.0. The van der Waals surface area contributed by atoms with Crippen molar-refractivity contribution in [1.82, 2.24) is 19.9 Å². The Hall–Kier alpha value is -3.35. The van der Waals surface area contributed by atoms with Crippen LogP contribution in [0.1, 0.15) is 47.9 Å². The molecule has 31 heavy (non-hydrogen) atoms. The smallest absolute Gasteiger partial charge is 0.228 e. The van der Waals surface area contributed by atoms with Gasteiger partial charge >= 0.3 is 0 Å². The highest BCUT2D eigenvalue weighted by Crippen LogP contribution is 2.35. The van der Waals surface area contributed by atoms with Crippen LogP contribution in [0.4, 0.5) is 11.8 Å². The van der Waals surface area contributed by atoms with Crippen LogP contribution in [0.5, 0.6) is 0 Å². The molecule has 1 fully saturated rings. The second-order valence-electron chi connectivity index (χ2n) is 8.15. The Morgan fingerprint density at radius 2 is 1.84 bits per heavy atom. The lowest BCUT2D eigenvalue weighted by Crippen LogP contribution is -2.38. The molecule has 1 saturated heterocycles. The highest BCUT2D eigenvalue weighted by molar-refractivity contribution is 5.95. The number of hydrogen-bond acceptors (Lipinski definition) is 6. The third-order valence-electron chi connectivity index (χ3n) is 6.18. The van der Waals surface area contributed by atoms with Crippen molar-refractivity contribution < 1.29 is 4.79 Å². The molecule has 2 aliphatic heterocycles. The molecule has 0 saturated carbocycles. The van der Waals surface area contributed by atoms with Gasteiger partial charge in [0.25, 0.3) is 0 Å². The van der Waals surface area contributed by atoms with Crippen LogP contribution >= 0.6 is 0 Å². The summed E-state index contributed by atoms with van der Waals surface area (Å²) in [6.07, 6.45) is 7.55. The Morgan fingerprint density at radius 1 is 1.03 bits per heavy atom. The van der Waals surface area contributed by atoms with Crippen molar-refractivity contribution in [3.63, 3.8) is 0 Å². The molecule has 7 nitrogen and oxygen atoms in total. The van der Waals surface area contributed by atoms with Gasteiger partial charge in [-0.1, -0.05) is 30.3 Å². The van der Waals surface area contributed by atoms with E-state index in [1.54, 1.807) is 12.4 Å². The van der Waals surface area contributed by atoms with Crippen LogP contribution in [0.15, 0.2) is 48.8 Å². The minimum Gasteiger partial charge on any atom is -0.331 e.